The predicted molar refractivity (Wildman–Crippen MR) is 149 cm³/mol. The van der Waals surface area contributed by atoms with Crippen molar-refractivity contribution in [2.24, 2.45) is 4.99 Å². The maximum atomic E-state index is 13.8. The fourth-order valence-corrected chi connectivity index (χ4v) is 5.61. The van der Waals surface area contributed by atoms with Gasteiger partial charge < -0.3 is 18.6 Å². The predicted octanol–water partition coefficient (Wildman–Crippen LogP) is 3.85. The van der Waals surface area contributed by atoms with Gasteiger partial charge in [0.15, 0.2) is 4.80 Å². The molecule has 1 aliphatic rings. The molecule has 0 fully saturated rings. The summed E-state index contributed by atoms with van der Waals surface area (Å²) in [4.78, 5) is 43.7. The number of aromatic nitrogens is 1. The fraction of sp³-hybridized carbons (Fsp3) is 0.200. The van der Waals surface area contributed by atoms with Crippen LogP contribution in [0.2, 0.25) is 0 Å². The van der Waals surface area contributed by atoms with Crippen molar-refractivity contribution in [3.05, 3.63) is 109 Å². The lowest BCUT2D eigenvalue weighted by Crippen LogP contribution is -2.40. The number of fused-ring (bicyclic) bond motifs is 1. The third kappa shape index (κ3) is 4.89. The number of methoxy groups -OCH3 is 2. The number of benzene rings is 2. The summed E-state index contributed by atoms with van der Waals surface area (Å²) < 4.78 is 23.6. The van der Waals surface area contributed by atoms with Gasteiger partial charge in [-0.2, -0.15) is 0 Å². The van der Waals surface area contributed by atoms with Crippen molar-refractivity contribution >= 4 is 29.4 Å². The Labute approximate surface area is 233 Å². The number of hydrogen-bond donors (Lipinski definition) is 0. The second-order valence-electron chi connectivity index (χ2n) is 8.82. The molecule has 3 heterocycles. The van der Waals surface area contributed by atoms with Crippen molar-refractivity contribution in [2.75, 3.05) is 20.8 Å². The summed E-state index contributed by atoms with van der Waals surface area (Å²) in [5.41, 5.74) is 2.26. The maximum absolute atomic E-state index is 13.8. The van der Waals surface area contributed by atoms with Crippen molar-refractivity contribution in [1.82, 2.24) is 4.57 Å². The van der Waals surface area contributed by atoms with E-state index in [1.807, 2.05) is 18.2 Å². The summed E-state index contributed by atoms with van der Waals surface area (Å²) in [5.74, 6) is 0.611. The Morgan fingerprint density at radius 3 is 2.50 bits per heavy atom. The van der Waals surface area contributed by atoms with Gasteiger partial charge in [0.2, 0.25) is 0 Å². The van der Waals surface area contributed by atoms with Crippen LogP contribution in [0.3, 0.4) is 0 Å². The molecule has 0 amide bonds. The number of carbonyl (C=O) groups is 2. The highest BCUT2D eigenvalue weighted by molar-refractivity contribution is 7.07. The lowest BCUT2D eigenvalue weighted by Gasteiger charge is -2.25. The van der Waals surface area contributed by atoms with Crippen molar-refractivity contribution in [3.63, 3.8) is 0 Å². The maximum Gasteiger partial charge on any atom is 0.338 e. The van der Waals surface area contributed by atoms with E-state index >= 15 is 0 Å². The van der Waals surface area contributed by atoms with Gasteiger partial charge in [0.05, 0.1) is 42.2 Å². The second kappa shape index (κ2) is 11.2. The number of carbonyl (C=O) groups excluding carboxylic acids is 2. The molecule has 1 atom stereocenters. The lowest BCUT2D eigenvalue weighted by atomic mass is 9.95. The normalized spacial score (nSPS) is 14.9. The van der Waals surface area contributed by atoms with Gasteiger partial charge in [0.1, 0.15) is 23.3 Å². The molecule has 10 heteroatoms. The Balaban J connectivity index is 1.60. The number of esters is 2. The van der Waals surface area contributed by atoms with E-state index in [2.05, 4.69) is 4.99 Å². The van der Waals surface area contributed by atoms with Gasteiger partial charge in [-0.3, -0.25) is 9.36 Å². The number of furan rings is 1. The molecule has 5 rings (SSSR count). The summed E-state index contributed by atoms with van der Waals surface area (Å²) >= 11 is 1.20. The van der Waals surface area contributed by atoms with E-state index in [1.165, 1.54) is 23.0 Å². The first-order valence-electron chi connectivity index (χ1n) is 12.5. The third-order valence-electron chi connectivity index (χ3n) is 6.44. The summed E-state index contributed by atoms with van der Waals surface area (Å²) in [6, 6.07) is 16.9. The molecule has 0 radical (unpaired) electrons. The van der Waals surface area contributed by atoms with Gasteiger partial charge in [0, 0.05) is 17.2 Å². The van der Waals surface area contributed by atoms with Gasteiger partial charge in [0.25, 0.3) is 5.56 Å². The van der Waals surface area contributed by atoms with E-state index in [0.29, 0.717) is 43.4 Å². The number of para-hydroxylation sites is 1. The third-order valence-corrected chi connectivity index (χ3v) is 7.42. The van der Waals surface area contributed by atoms with Gasteiger partial charge in [-0.15, -0.1) is 0 Å². The van der Waals surface area contributed by atoms with Crippen LogP contribution >= 0.6 is 11.3 Å². The number of hydrogen-bond acceptors (Lipinski definition) is 9. The van der Waals surface area contributed by atoms with Crippen LogP contribution in [-0.4, -0.2) is 37.3 Å². The highest BCUT2D eigenvalue weighted by atomic mass is 32.1. The SMILES string of the molecule is CCOC(=O)C1=C(C)N=c2s/c(=C\c3ccc(-c4ccc(C(=O)OC)cc4)o3)c(=O)n2C1c1ccccc1OC. The van der Waals surface area contributed by atoms with Crippen LogP contribution in [0.5, 0.6) is 5.75 Å². The minimum absolute atomic E-state index is 0.185. The number of thiazole rings is 1. The van der Waals surface area contributed by atoms with Crippen LogP contribution in [0, 0.1) is 0 Å². The topological polar surface area (TPSA) is 109 Å². The molecule has 40 heavy (non-hydrogen) atoms. The quantitative estimate of drug-likeness (QED) is 0.317. The average molecular weight is 559 g/mol. The zero-order valence-corrected chi connectivity index (χ0v) is 23.1. The van der Waals surface area contributed by atoms with Gasteiger partial charge >= 0.3 is 11.9 Å². The van der Waals surface area contributed by atoms with E-state index in [-0.39, 0.29) is 17.7 Å². The van der Waals surface area contributed by atoms with E-state index in [0.717, 1.165) is 5.56 Å². The second-order valence-corrected chi connectivity index (χ2v) is 9.82. The number of rotatable bonds is 7. The van der Waals surface area contributed by atoms with Gasteiger partial charge in [-0.1, -0.05) is 41.7 Å². The first-order valence-corrected chi connectivity index (χ1v) is 13.3. The van der Waals surface area contributed by atoms with Crippen LogP contribution in [-0.2, 0) is 14.3 Å². The molecular weight excluding hydrogens is 532 g/mol. The molecule has 1 unspecified atom stereocenters. The smallest absolute Gasteiger partial charge is 0.338 e. The van der Waals surface area contributed by atoms with E-state index < -0.39 is 18.0 Å². The first-order chi connectivity index (χ1) is 19.4. The minimum Gasteiger partial charge on any atom is -0.496 e. The average Bonchev–Trinajstić information content (AvgIpc) is 3.56. The number of ether oxygens (including phenoxy) is 3. The van der Waals surface area contributed by atoms with E-state index in [9.17, 15) is 14.4 Å². The first kappa shape index (κ1) is 26.9. The Morgan fingerprint density at radius 2 is 1.80 bits per heavy atom. The Hall–Kier alpha value is -4.70. The van der Waals surface area contributed by atoms with E-state index in [4.69, 9.17) is 18.6 Å². The summed E-state index contributed by atoms with van der Waals surface area (Å²) in [6.07, 6.45) is 1.65. The molecule has 4 aromatic rings. The largest absolute Gasteiger partial charge is 0.496 e. The molecule has 2 aromatic heterocycles. The minimum atomic E-state index is -0.783. The molecule has 1 aliphatic heterocycles. The molecule has 0 spiro atoms. The van der Waals surface area contributed by atoms with Crippen LogP contribution in [0.4, 0.5) is 0 Å². The van der Waals surface area contributed by atoms with Crippen molar-refractivity contribution in [1.29, 1.82) is 0 Å². The standard InChI is InChI=1S/C30H26N2O7S/c1-5-38-29(35)25-17(2)31-30-32(26(25)21-8-6-7-9-23(21)36-3)27(33)24(40-30)16-20-14-15-22(39-20)18-10-12-19(13-11-18)28(34)37-4/h6-16,26H,5H2,1-4H3/b24-16-. The molecule has 204 valence electrons. The van der Waals surface area contributed by atoms with Gasteiger partial charge in [-0.25, -0.2) is 14.6 Å². The molecule has 0 bridgehead atoms. The molecule has 9 nitrogen and oxygen atoms in total. The Morgan fingerprint density at radius 1 is 1.05 bits per heavy atom. The number of nitrogens with zero attached hydrogens (tertiary/aromatic N) is 2. The molecule has 0 aliphatic carbocycles. The molecule has 0 saturated carbocycles. The molecule has 2 aromatic carbocycles. The lowest BCUT2D eigenvalue weighted by molar-refractivity contribution is -0.139. The zero-order valence-electron chi connectivity index (χ0n) is 22.3. The van der Waals surface area contributed by atoms with Crippen LogP contribution in [0.25, 0.3) is 17.4 Å². The van der Waals surface area contributed by atoms with Crippen molar-refractivity contribution < 1.29 is 28.2 Å². The molecular formula is C30H26N2O7S. The summed E-state index contributed by atoms with van der Waals surface area (Å²) in [6.45, 7) is 3.65. The van der Waals surface area contributed by atoms with Crippen molar-refractivity contribution in [3.8, 4) is 17.1 Å². The highest BCUT2D eigenvalue weighted by Gasteiger charge is 2.35. The van der Waals surface area contributed by atoms with E-state index in [1.54, 1.807) is 69.5 Å². The van der Waals surface area contributed by atoms with Crippen LogP contribution in [0.15, 0.2) is 86.1 Å². The molecule has 0 saturated heterocycles. The summed E-state index contributed by atoms with van der Waals surface area (Å²) in [7, 11) is 2.87. The van der Waals surface area contributed by atoms with Crippen molar-refractivity contribution in [2.45, 2.75) is 19.9 Å². The Kier molecular flexibility index (Phi) is 7.52. The van der Waals surface area contributed by atoms with Crippen LogP contribution < -0.4 is 19.6 Å². The highest BCUT2D eigenvalue weighted by Crippen LogP contribution is 2.35. The fourth-order valence-electron chi connectivity index (χ4n) is 4.58. The zero-order chi connectivity index (χ0) is 28.4. The number of allylic oxidation sites excluding steroid dienone is 1. The monoisotopic (exact) mass is 558 g/mol. The van der Waals surface area contributed by atoms with Gasteiger partial charge in [-0.05, 0) is 44.2 Å². The Bertz CT molecular complexity index is 1810. The molecule has 0 N–H and O–H groups in total. The summed E-state index contributed by atoms with van der Waals surface area (Å²) in [5, 5.41) is 0. The van der Waals surface area contributed by atoms with Crippen LogP contribution in [0.1, 0.15) is 41.6 Å².